The zero-order valence-corrected chi connectivity index (χ0v) is 15.3. The smallest absolute Gasteiger partial charge is 0.320 e. The first kappa shape index (κ1) is 19.1. The maximum atomic E-state index is 12.4. The fourth-order valence-electron chi connectivity index (χ4n) is 2.60. The van der Waals surface area contributed by atoms with Crippen LogP contribution < -0.4 is 10.6 Å². The van der Waals surface area contributed by atoms with Crippen molar-refractivity contribution in [1.29, 1.82) is 0 Å². The molecule has 6 heteroatoms. The summed E-state index contributed by atoms with van der Waals surface area (Å²) in [5.74, 6) is -1.20. The predicted molar refractivity (Wildman–Crippen MR) is 99.6 cm³/mol. The molecule has 0 fully saturated rings. The van der Waals surface area contributed by atoms with Crippen LogP contribution in [0.2, 0.25) is 0 Å². The Morgan fingerprint density at radius 1 is 1.16 bits per heavy atom. The molecule has 0 aliphatic rings. The largest absolute Gasteiger partial charge is 0.480 e. The molecule has 134 valence electrons. The van der Waals surface area contributed by atoms with Gasteiger partial charge >= 0.3 is 5.97 Å². The number of nitrogens with one attached hydrogen (secondary N) is 2. The molecule has 5 nitrogen and oxygen atoms in total. The van der Waals surface area contributed by atoms with E-state index >= 15 is 0 Å². The molecule has 1 heterocycles. The highest BCUT2D eigenvalue weighted by atomic mass is 32.1. The van der Waals surface area contributed by atoms with Gasteiger partial charge < -0.3 is 10.4 Å². The Hall–Kier alpha value is -2.18. The molecule has 3 N–H and O–H groups in total. The third kappa shape index (κ3) is 5.41. The van der Waals surface area contributed by atoms with Crippen molar-refractivity contribution in [1.82, 2.24) is 10.6 Å². The third-order valence-electron chi connectivity index (χ3n) is 4.23. The molecule has 1 unspecified atom stereocenters. The number of benzene rings is 1. The van der Waals surface area contributed by atoms with E-state index < -0.39 is 12.0 Å². The molecule has 0 radical (unpaired) electrons. The Balaban J connectivity index is 2.04. The molecule has 1 aromatic heterocycles. The second-order valence-corrected chi connectivity index (χ2v) is 6.99. The van der Waals surface area contributed by atoms with Crippen LogP contribution in [0.3, 0.4) is 0 Å². The first-order valence-electron chi connectivity index (χ1n) is 8.36. The average Bonchev–Trinajstić information content (AvgIpc) is 3.14. The van der Waals surface area contributed by atoms with Crippen molar-refractivity contribution >= 4 is 23.2 Å². The lowest BCUT2D eigenvalue weighted by molar-refractivity contribution is -0.141. The van der Waals surface area contributed by atoms with Gasteiger partial charge in [0, 0.05) is 4.88 Å². The molecule has 0 saturated carbocycles. The summed E-state index contributed by atoms with van der Waals surface area (Å²) in [7, 11) is 0. The Morgan fingerprint density at radius 3 is 2.44 bits per heavy atom. The van der Waals surface area contributed by atoms with E-state index in [0.717, 1.165) is 16.9 Å². The lowest BCUT2D eigenvalue weighted by atomic mass is 9.99. The monoisotopic (exact) mass is 360 g/mol. The summed E-state index contributed by atoms with van der Waals surface area (Å²) in [5.41, 5.74) is 0.995. The van der Waals surface area contributed by atoms with Crippen LogP contribution in [0, 0.1) is 5.92 Å². The molecule has 2 aromatic rings. The van der Waals surface area contributed by atoms with E-state index in [-0.39, 0.29) is 24.4 Å². The minimum absolute atomic E-state index is 0.0317. The summed E-state index contributed by atoms with van der Waals surface area (Å²) in [5, 5.41) is 17.1. The van der Waals surface area contributed by atoms with Crippen molar-refractivity contribution in [2.45, 2.75) is 32.4 Å². The van der Waals surface area contributed by atoms with Gasteiger partial charge in [-0.25, -0.2) is 0 Å². The van der Waals surface area contributed by atoms with E-state index in [1.54, 1.807) is 11.3 Å². The van der Waals surface area contributed by atoms with Crippen molar-refractivity contribution < 1.29 is 14.7 Å². The van der Waals surface area contributed by atoms with Crippen LogP contribution in [0.25, 0.3) is 0 Å². The van der Waals surface area contributed by atoms with Crippen LogP contribution in [0.4, 0.5) is 0 Å². The molecular formula is C19H24N2O3S. The molecule has 3 atom stereocenters. The highest BCUT2D eigenvalue weighted by Gasteiger charge is 2.24. The molecule has 0 saturated heterocycles. The van der Waals surface area contributed by atoms with Crippen molar-refractivity contribution in [3.8, 4) is 0 Å². The predicted octanol–water partition coefficient (Wildman–Crippen LogP) is 3.04. The van der Waals surface area contributed by atoms with Gasteiger partial charge in [0.05, 0.1) is 12.6 Å². The second kappa shape index (κ2) is 9.34. The second-order valence-electron chi connectivity index (χ2n) is 6.01. The van der Waals surface area contributed by atoms with E-state index in [0.29, 0.717) is 0 Å². The molecule has 1 aromatic carbocycles. The number of aliphatic carboxylic acids is 1. The normalized spacial score (nSPS) is 14.5. The highest BCUT2D eigenvalue weighted by molar-refractivity contribution is 7.10. The van der Waals surface area contributed by atoms with Crippen molar-refractivity contribution in [2.24, 2.45) is 5.92 Å². The number of hydrogen-bond donors (Lipinski definition) is 3. The SMILES string of the molecule is CC[C@H](C)[C@H](NCC(=O)NC(c1ccccc1)c1cccs1)C(=O)O. The fraction of sp³-hybridized carbons (Fsp3) is 0.368. The Bertz CT molecular complexity index is 673. The van der Waals surface area contributed by atoms with E-state index in [2.05, 4.69) is 10.6 Å². The summed E-state index contributed by atoms with van der Waals surface area (Å²) in [6.07, 6.45) is 0.730. The van der Waals surface area contributed by atoms with Gasteiger partial charge in [0.1, 0.15) is 6.04 Å². The average molecular weight is 360 g/mol. The molecule has 1 amide bonds. The molecule has 2 rings (SSSR count). The Morgan fingerprint density at radius 2 is 1.88 bits per heavy atom. The van der Waals surface area contributed by atoms with Gasteiger partial charge in [-0.15, -0.1) is 11.3 Å². The van der Waals surface area contributed by atoms with Crippen LogP contribution in [-0.2, 0) is 9.59 Å². The van der Waals surface area contributed by atoms with Crippen LogP contribution in [0.1, 0.15) is 36.8 Å². The van der Waals surface area contributed by atoms with Gasteiger partial charge in [-0.05, 0) is 22.9 Å². The molecular weight excluding hydrogens is 336 g/mol. The van der Waals surface area contributed by atoms with E-state index in [1.807, 2.05) is 61.7 Å². The zero-order valence-electron chi connectivity index (χ0n) is 14.4. The maximum Gasteiger partial charge on any atom is 0.320 e. The number of thiophene rings is 1. The number of carboxylic acids is 1. The third-order valence-corrected chi connectivity index (χ3v) is 5.16. The lowest BCUT2D eigenvalue weighted by Gasteiger charge is -2.22. The van der Waals surface area contributed by atoms with Gasteiger partial charge in [-0.3, -0.25) is 14.9 Å². The van der Waals surface area contributed by atoms with Gasteiger partial charge in [0.2, 0.25) is 5.91 Å². The number of carbonyl (C=O) groups excluding carboxylic acids is 1. The van der Waals surface area contributed by atoms with Crippen LogP contribution in [0.5, 0.6) is 0 Å². The number of carbonyl (C=O) groups is 2. The maximum absolute atomic E-state index is 12.4. The molecule has 0 aliphatic carbocycles. The number of carboxylic acid groups (broad SMARTS) is 1. The summed E-state index contributed by atoms with van der Waals surface area (Å²) >= 11 is 1.58. The number of amides is 1. The summed E-state index contributed by atoms with van der Waals surface area (Å²) < 4.78 is 0. The highest BCUT2D eigenvalue weighted by Crippen LogP contribution is 2.25. The van der Waals surface area contributed by atoms with E-state index in [4.69, 9.17) is 0 Å². The van der Waals surface area contributed by atoms with Crippen LogP contribution >= 0.6 is 11.3 Å². The summed E-state index contributed by atoms with van der Waals surface area (Å²) in [6, 6.07) is 12.7. The van der Waals surface area contributed by atoms with Crippen molar-refractivity contribution in [3.05, 3.63) is 58.3 Å². The van der Waals surface area contributed by atoms with Gasteiger partial charge in [0.15, 0.2) is 0 Å². The molecule has 25 heavy (non-hydrogen) atoms. The Kier molecular flexibility index (Phi) is 7.16. The zero-order chi connectivity index (χ0) is 18.2. The van der Waals surface area contributed by atoms with Crippen molar-refractivity contribution in [2.75, 3.05) is 6.54 Å². The van der Waals surface area contributed by atoms with Crippen molar-refractivity contribution in [3.63, 3.8) is 0 Å². The topological polar surface area (TPSA) is 78.4 Å². The molecule has 0 spiro atoms. The fourth-order valence-corrected chi connectivity index (χ4v) is 3.40. The minimum atomic E-state index is -0.931. The van der Waals surface area contributed by atoms with Gasteiger partial charge in [-0.1, -0.05) is 56.7 Å². The van der Waals surface area contributed by atoms with Crippen LogP contribution in [-0.4, -0.2) is 29.6 Å². The quantitative estimate of drug-likeness (QED) is 0.642. The number of rotatable bonds is 9. The van der Waals surface area contributed by atoms with E-state index in [9.17, 15) is 14.7 Å². The van der Waals surface area contributed by atoms with Gasteiger partial charge in [-0.2, -0.15) is 0 Å². The van der Waals surface area contributed by atoms with Gasteiger partial charge in [0.25, 0.3) is 0 Å². The van der Waals surface area contributed by atoms with E-state index in [1.165, 1.54) is 0 Å². The summed E-state index contributed by atoms with van der Waals surface area (Å²) in [6.45, 7) is 3.77. The molecule has 0 aliphatic heterocycles. The Labute approximate surface area is 152 Å². The standard InChI is InChI=1S/C19H24N2O3S/c1-3-13(2)17(19(23)24)20-12-16(22)21-18(15-10-7-11-25-15)14-8-5-4-6-9-14/h4-11,13,17-18,20H,3,12H2,1-2H3,(H,21,22)(H,23,24)/t13-,17-,18?/m0/s1. The van der Waals surface area contributed by atoms with Crippen LogP contribution in [0.15, 0.2) is 47.8 Å². The molecule has 0 bridgehead atoms. The first-order valence-corrected chi connectivity index (χ1v) is 9.24. The minimum Gasteiger partial charge on any atom is -0.480 e. The number of hydrogen-bond acceptors (Lipinski definition) is 4. The first-order chi connectivity index (χ1) is 12.0. The summed E-state index contributed by atoms with van der Waals surface area (Å²) in [4.78, 5) is 24.8. The lowest BCUT2D eigenvalue weighted by Crippen LogP contribution is -2.46.